The second-order valence-electron chi connectivity index (χ2n) is 16.3. The lowest BCUT2D eigenvalue weighted by Crippen LogP contribution is -2.61. The van der Waals surface area contributed by atoms with E-state index < -0.39 is 127 Å². The van der Waals surface area contributed by atoms with Crippen molar-refractivity contribution in [2.45, 2.75) is 108 Å². The topological polar surface area (TPSA) is 358 Å². The molecule has 0 radical (unpaired) electrons. The second kappa shape index (κ2) is 24.4. The number of benzene rings is 2. The van der Waals surface area contributed by atoms with Crippen LogP contribution in [0.4, 0.5) is 0 Å². The van der Waals surface area contributed by atoms with E-state index >= 15 is 0 Å². The van der Waals surface area contributed by atoms with Gasteiger partial charge in [-0.25, -0.2) is 0 Å². The SMILES string of the molecule is CC[C@H](C)[C@H](NC(=O)[C@H](CO)NC(=O)[C@@H](N)CO)C(=O)N1CCC[C@H]1C(=O)N[C@@H](CC(=O)O)C(=O)N[C@@H](C)C(=O)N[C@@H](Cc1ccccc1)C(=O)N[C@@H](Cc1c[nH]c2ccccc12)C(N)=O. The lowest BCUT2D eigenvalue weighted by atomic mass is 9.96. The monoisotopic (exact) mass is 920 g/mol. The molecule has 1 fully saturated rings. The Hall–Kier alpha value is -6.91. The average molecular weight is 921 g/mol. The molecule has 1 saturated heterocycles. The number of carbonyl (C=O) groups excluding carboxylic acids is 8. The molecule has 9 atom stereocenters. The first-order valence-electron chi connectivity index (χ1n) is 21.6. The van der Waals surface area contributed by atoms with Crippen molar-refractivity contribution >= 4 is 64.1 Å². The minimum Gasteiger partial charge on any atom is -0.481 e. The first-order valence-corrected chi connectivity index (χ1v) is 21.6. The van der Waals surface area contributed by atoms with Gasteiger partial charge in [0, 0.05) is 36.5 Å². The number of carboxylic acids is 1. The number of carbonyl (C=O) groups is 9. The summed E-state index contributed by atoms with van der Waals surface area (Å²) in [4.78, 5) is 123. The Morgan fingerprint density at radius 3 is 2.00 bits per heavy atom. The molecule has 1 aromatic heterocycles. The van der Waals surface area contributed by atoms with Crippen molar-refractivity contribution in [3.05, 3.63) is 71.9 Å². The van der Waals surface area contributed by atoms with Gasteiger partial charge >= 0.3 is 5.97 Å². The van der Waals surface area contributed by atoms with E-state index in [1.54, 1.807) is 50.4 Å². The maximum absolute atomic E-state index is 14.0. The van der Waals surface area contributed by atoms with Crippen molar-refractivity contribution in [2.24, 2.45) is 17.4 Å². The first-order chi connectivity index (χ1) is 31.4. The normalized spacial score (nSPS) is 17.1. The van der Waals surface area contributed by atoms with Crippen LogP contribution in [0.1, 0.15) is 57.6 Å². The Kier molecular flexibility index (Phi) is 19.1. The van der Waals surface area contributed by atoms with Gasteiger partial charge in [-0.05, 0) is 42.9 Å². The lowest BCUT2D eigenvalue weighted by Gasteiger charge is -2.32. The molecule has 2 heterocycles. The van der Waals surface area contributed by atoms with Crippen molar-refractivity contribution in [1.29, 1.82) is 0 Å². The highest BCUT2D eigenvalue weighted by atomic mass is 16.4. The molecule has 0 aliphatic carbocycles. The minimum atomic E-state index is -1.74. The molecular formula is C44H60N10O12. The fourth-order valence-electron chi connectivity index (χ4n) is 7.38. The summed E-state index contributed by atoms with van der Waals surface area (Å²) < 4.78 is 0. The molecule has 22 nitrogen and oxygen atoms in total. The number of nitrogens with zero attached hydrogens (tertiary/aromatic N) is 1. The van der Waals surface area contributed by atoms with Gasteiger partial charge in [0.2, 0.25) is 47.3 Å². The summed E-state index contributed by atoms with van der Waals surface area (Å²) in [5.74, 6) is -8.94. The van der Waals surface area contributed by atoms with E-state index in [0.29, 0.717) is 24.0 Å². The van der Waals surface area contributed by atoms with Crippen LogP contribution in [0.3, 0.4) is 0 Å². The molecule has 0 unspecified atom stereocenters. The average Bonchev–Trinajstić information content (AvgIpc) is 3.96. The zero-order valence-corrected chi connectivity index (χ0v) is 37.0. The van der Waals surface area contributed by atoms with E-state index in [2.05, 4.69) is 36.9 Å². The highest BCUT2D eigenvalue weighted by Gasteiger charge is 2.41. The van der Waals surface area contributed by atoms with E-state index in [-0.39, 0.29) is 25.8 Å². The van der Waals surface area contributed by atoms with Crippen molar-refractivity contribution in [3.63, 3.8) is 0 Å². The summed E-state index contributed by atoms with van der Waals surface area (Å²) in [6.45, 7) is 3.15. The molecule has 1 aliphatic rings. The van der Waals surface area contributed by atoms with Crippen LogP contribution in [0.25, 0.3) is 10.9 Å². The molecule has 66 heavy (non-hydrogen) atoms. The molecule has 8 amide bonds. The summed E-state index contributed by atoms with van der Waals surface area (Å²) in [5.41, 5.74) is 13.4. The smallest absolute Gasteiger partial charge is 0.305 e. The number of fused-ring (bicyclic) bond motifs is 1. The van der Waals surface area contributed by atoms with Crippen molar-refractivity contribution in [1.82, 2.24) is 41.8 Å². The highest BCUT2D eigenvalue weighted by molar-refractivity contribution is 5.99. The fraction of sp³-hybridized carbons (Fsp3) is 0.477. The number of nitrogens with one attached hydrogen (secondary N) is 7. The van der Waals surface area contributed by atoms with Gasteiger partial charge in [0.05, 0.1) is 19.6 Å². The van der Waals surface area contributed by atoms with Crippen LogP contribution in [0, 0.1) is 5.92 Å². The standard InChI is InChI=1S/C44H60N10O12/c1-4-23(2)36(53-42(64)33(22-56)52-39(61)28(45)21-55)44(66)54-16-10-15-34(54)43(65)51-32(19-35(57)58)40(62)48-24(3)38(60)50-31(17-25-11-6-5-7-12-25)41(63)49-30(37(46)59)18-26-20-47-29-14-9-8-13-27(26)29/h5-9,11-14,20,23-24,28,30-34,36,47,55-56H,4,10,15-19,21-22,45H2,1-3H3,(H2,46,59)(H,48,62)(H,49,63)(H,50,60)(H,51,65)(H,52,61)(H,53,64)(H,57,58)/t23-,24-,28-,30-,31-,32-,33-,34-,36-/m0/s1. The van der Waals surface area contributed by atoms with E-state index in [1.807, 2.05) is 24.3 Å². The summed E-state index contributed by atoms with van der Waals surface area (Å²) in [5, 5.41) is 44.3. The minimum absolute atomic E-state index is 0.0363. The third-order valence-corrected chi connectivity index (χ3v) is 11.4. The Labute approximate surface area is 380 Å². The van der Waals surface area contributed by atoms with Gasteiger partial charge in [0.25, 0.3) is 0 Å². The van der Waals surface area contributed by atoms with Crippen LogP contribution in [0.2, 0.25) is 0 Å². The number of hydrogen-bond acceptors (Lipinski definition) is 12. The van der Waals surface area contributed by atoms with Crippen LogP contribution >= 0.6 is 0 Å². The van der Waals surface area contributed by atoms with Crippen molar-refractivity contribution < 1.29 is 58.5 Å². The molecule has 0 bridgehead atoms. The van der Waals surface area contributed by atoms with Crippen molar-refractivity contribution in [3.8, 4) is 0 Å². The Morgan fingerprint density at radius 2 is 1.36 bits per heavy atom. The van der Waals surface area contributed by atoms with E-state index in [1.165, 1.54) is 11.8 Å². The van der Waals surface area contributed by atoms with Crippen LogP contribution < -0.4 is 43.4 Å². The number of aliphatic hydroxyl groups excluding tert-OH is 2. The molecular weight excluding hydrogens is 861 g/mol. The molecule has 1 aliphatic heterocycles. The van der Waals surface area contributed by atoms with E-state index in [0.717, 1.165) is 10.9 Å². The molecule has 14 N–H and O–H groups in total. The van der Waals surface area contributed by atoms with Gasteiger partial charge in [0.1, 0.15) is 48.3 Å². The lowest BCUT2D eigenvalue weighted by molar-refractivity contribution is -0.145. The number of amides is 8. The molecule has 3 aromatic rings. The third kappa shape index (κ3) is 14.0. The fourth-order valence-corrected chi connectivity index (χ4v) is 7.38. The third-order valence-electron chi connectivity index (χ3n) is 11.4. The number of H-pyrrole nitrogens is 1. The summed E-state index contributed by atoms with van der Waals surface area (Å²) in [6, 6.07) is 5.06. The number of rotatable bonds is 24. The van der Waals surface area contributed by atoms with Crippen LogP contribution in [-0.4, -0.2) is 147 Å². The number of para-hydroxylation sites is 1. The number of aliphatic carboxylic acids is 1. The van der Waals surface area contributed by atoms with E-state index in [9.17, 15) is 58.5 Å². The number of aliphatic hydroxyl groups is 2. The predicted molar refractivity (Wildman–Crippen MR) is 237 cm³/mol. The van der Waals surface area contributed by atoms with Crippen LogP contribution in [-0.2, 0) is 56.0 Å². The Bertz CT molecular complexity index is 2220. The predicted octanol–water partition coefficient (Wildman–Crippen LogP) is -2.81. The zero-order valence-electron chi connectivity index (χ0n) is 37.0. The number of hydrogen-bond donors (Lipinski definition) is 12. The highest BCUT2D eigenvalue weighted by Crippen LogP contribution is 2.23. The van der Waals surface area contributed by atoms with Gasteiger partial charge < -0.3 is 68.6 Å². The Balaban J connectivity index is 1.45. The van der Waals surface area contributed by atoms with Crippen LogP contribution in [0.5, 0.6) is 0 Å². The largest absolute Gasteiger partial charge is 0.481 e. The number of carboxylic acid groups (broad SMARTS) is 1. The van der Waals surface area contributed by atoms with Gasteiger partial charge in [-0.2, -0.15) is 0 Å². The maximum atomic E-state index is 14.0. The second-order valence-corrected chi connectivity index (χ2v) is 16.3. The molecule has 22 heteroatoms. The summed E-state index contributed by atoms with van der Waals surface area (Å²) in [7, 11) is 0. The summed E-state index contributed by atoms with van der Waals surface area (Å²) >= 11 is 0. The quantitative estimate of drug-likeness (QED) is 0.0433. The summed E-state index contributed by atoms with van der Waals surface area (Å²) in [6.07, 6.45) is 1.59. The van der Waals surface area contributed by atoms with Gasteiger partial charge in [-0.15, -0.1) is 0 Å². The molecule has 0 spiro atoms. The molecule has 358 valence electrons. The molecule has 4 rings (SSSR count). The van der Waals surface area contributed by atoms with Crippen molar-refractivity contribution in [2.75, 3.05) is 19.8 Å². The van der Waals surface area contributed by atoms with E-state index in [4.69, 9.17) is 11.5 Å². The van der Waals surface area contributed by atoms with Gasteiger partial charge in [-0.1, -0.05) is 68.8 Å². The number of aromatic nitrogens is 1. The maximum Gasteiger partial charge on any atom is 0.305 e. The van der Waals surface area contributed by atoms with Crippen LogP contribution in [0.15, 0.2) is 60.8 Å². The van der Waals surface area contributed by atoms with Gasteiger partial charge in [-0.3, -0.25) is 43.2 Å². The number of nitrogens with two attached hydrogens (primary N) is 2. The molecule has 2 aromatic carbocycles. The number of primary amides is 1. The number of likely N-dealkylation sites (tertiary alicyclic amines) is 1. The Morgan fingerprint density at radius 1 is 0.742 bits per heavy atom. The zero-order chi connectivity index (χ0) is 48.7. The number of aromatic amines is 1. The first kappa shape index (κ1) is 51.7. The van der Waals surface area contributed by atoms with Gasteiger partial charge in [0.15, 0.2) is 0 Å². The molecule has 0 saturated carbocycles.